The number of Topliss-reactive ketones (excluding diaryl/α,β-unsaturated/α-hetero) is 1. The van der Waals surface area contributed by atoms with Crippen LogP contribution in [0.15, 0.2) is 71.8 Å². The lowest BCUT2D eigenvalue weighted by molar-refractivity contribution is -0.346. The molecule has 558 valence electrons. The molecule has 2 aromatic rings. The number of ketones is 1. The van der Waals surface area contributed by atoms with Crippen LogP contribution in [-0.2, 0) is 76.2 Å². The minimum Gasteiger partial charge on any atom is -0.462 e. The summed E-state index contributed by atoms with van der Waals surface area (Å²) in [7, 11) is 0. The smallest absolute Gasteiger partial charge is 0.408 e. The Bertz CT molecular complexity index is 3030. The lowest BCUT2D eigenvalue weighted by atomic mass is 9.44. The van der Waals surface area contributed by atoms with Crippen molar-refractivity contribution in [1.82, 2.24) is 5.32 Å². The minimum atomic E-state index is -2.52. The molecule has 1 aliphatic heterocycles. The van der Waals surface area contributed by atoms with E-state index in [-0.39, 0.29) is 54.7 Å². The summed E-state index contributed by atoms with van der Waals surface area (Å²) in [6, 6.07) is 14.0. The number of hydrogen-bond donors (Lipinski definition) is 4. The van der Waals surface area contributed by atoms with Crippen LogP contribution in [0, 0.1) is 16.7 Å². The lowest BCUT2D eigenvalue weighted by Crippen LogP contribution is -2.81. The van der Waals surface area contributed by atoms with Gasteiger partial charge in [-0.3, -0.25) is 28.8 Å². The number of carbonyl (C=O) groups is 9. The number of amides is 1. The molecule has 4 aliphatic rings. The molecule has 3 aliphatic carbocycles. The van der Waals surface area contributed by atoms with Crippen molar-refractivity contribution in [3.05, 3.63) is 82.9 Å². The molecule has 4 N–H and O–H groups in total. The van der Waals surface area contributed by atoms with Gasteiger partial charge in [-0.1, -0.05) is 205 Å². The quantitative estimate of drug-likeness (QED) is 0.0208. The summed E-state index contributed by atoms with van der Waals surface area (Å²) in [6.07, 6.45) is 9.20. The number of hydrogen-bond acceptors (Lipinski definition) is 21. The molecule has 0 aromatic heterocycles. The molecule has 6 rings (SSSR count). The van der Waals surface area contributed by atoms with Crippen molar-refractivity contribution in [2.45, 2.75) is 315 Å². The summed E-state index contributed by atoms with van der Waals surface area (Å²) in [5.74, 6) is -8.96. The first kappa shape index (κ1) is 82.2. The normalized spacial score (nSPS) is 24.6. The van der Waals surface area contributed by atoms with Crippen molar-refractivity contribution >= 4 is 53.7 Å². The molecule has 1 saturated heterocycles. The van der Waals surface area contributed by atoms with E-state index in [1.807, 2.05) is 0 Å². The van der Waals surface area contributed by atoms with Gasteiger partial charge in [-0.15, -0.1) is 0 Å². The van der Waals surface area contributed by atoms with Crippen molar-refractivity contribution in [2.24, 2.45) is 16.7 Å². The molecule has 22 heteroatoms. The van der Waals surface area contributed by atoms with Crippen LogP contribution < -0.4 is 5.32 Å². The third-order valence-electron chi connectivity index (χ3n) is 20.5. The molecule has 2 aromatic carbocycles. The van der Waals surface area contributed by atoms with Crippen LogP contribution in [0.4, 0.5) is 4.79 Å². The fraction of sp³-hybridized carbons (Fsp3) is 0.705. The Morgan fingerprint density at radius 1 is 0.640 bits per heavy atom. The zero-order valence-corrected chi connectivity index (χ0v) is 61.1. The van der Waals surface area contributed by atoms with Crippen molar-refractivity contribution in [3.8, 4) is 0 Å². The number of alkyl carbamates (subject to hydrolysis) is 1. The Morgan fingerprint density at radius 3 is 1.62 bits per heavy atom. The van der Waals surface area contributed by atoms with Gasteiger partial charge >= 0.3 is 47.9 Å². The van der Waals surface area contributed by atoms with Gasteiger partial charge in [0.2, 0.25) is 6.10 Å². The van der Waals surface area contributed by atoms with Crippen LogP contribution >= 0.6 is 0 Å². The number of rotatable bonds is 41. The van der Waals surface area contributed by atoms with Crippen molar-refractivity contribution in [3.63, 3.8) is 0 Å². The highest BCUT2D eigenvalue weighted by Gasteiger charge is 2.78. The highest BCUT2D eigenvalue weighted by atomic mass is 16.6. The maximum Gasteiger partial charge on any atom is 0.408 e. The summed E-state index contributed by atoms with van der Waals surface area (Å²) >= 11 is 0. The Morgan fingerprint density at radius 2 is 1.12 bits per heavy atom. The minimum absolute atomic E-state index is 0.0176. The van der Waals surface area contributed by atoms with Crippen LogP contribution in [0.3, 0.4) is 0 Å². The second-order valence-corrected chi connectivity index (χ2v) is 29.6. The molecule has 1 amide bonds. The molecule has 3 fully saturated rings. The summed E-state index contributed by atoms with van der Waals surface area (Å²) in [5.41, 5.74) is -9.25. The average Bonchev–Trinajstić information content (AvgIpc) is 0.671. The number of nitrogens with one attached hydrogen (secondary N) is 1. The van der Waals surface area contributed by atoms with E-state index in [1.165, 1.54) is 129 Å². The molecular weight excluding hydrogens is 1290 g/mol. The van der Waals surface area contributed by atoms with E-state index in [4.69, 9.17) is 42.6 Å². The van der Waals surface area contributed by atoms with Gasteiger partial charge in [0.1, 0.15) is 54.9 Å². The zero-order chi connectivity index (χ0) is 73.3. The average molecular weight is 1400 g/mol. The first-order valence-electron chi connectivity index (χ1n) is 36.9. The van der Waals surface area contributed by atoms with Crippen LogP contribution in [0.5, 0.6) is 0 Å². The van der Waals surface area contributed by atoms with Gasteiger partial charge in [0.05, 0.1) is 42.4 Å². The zero-order valence-electron chi connectivity index (χ0n) is 61.1. The van der Waals surface area contributed by atoms with Gasteiger partial charge in [-0.25, -0.2) is 14.4 Å². The third-order valence-corrected chi connectivity index (χ3v) is 20.5. The van der Waals surface area contributed by atoms with Gasteiger partial charge in [0, 0.05) is 38.0 Å². The SMILES string of the molecule is CCCCCCCCCCCCCC(=O)OCC(COC(=O)CCC(=O)O[C@@H](C(=O)O[C@H]1C[C@@]2(O)[C@@H](OC(=O)c3ccccc3)[C@@H]3[C@]4(OC(C)=O)CO[C@@H]4C[C@H](O)[C@@]3(C)C(=O)[C@H](O)C(=C1C)C2(C)C)[C@@H](NC(=O)OC(C)(C)C)c1ccccc1)OC(=O)CCCCCCCCCCCCC. The fourth-order valence-corrected chi connectivity index (χ4v) is 14.8. The number of aliphatic hydroxyl groups excluding tert-OH is 2. The van der Waals surface area contributed by atoms with Crippen molar-refractivity contribution in [2.75, 3.05) is 19.8 Å². The van der Waals surface area contributed by atoms with Crippen LogP contribution in [0.1, 0.15) is 271 Å². The van der Waals surface area contributed by atoms with E-state index < -0.39 is 162 Å². The van der Waals surface area contributed by atoms with Crippen LogP contribution in [-0.4, -0.2) is 148 Å². The fourth-order valence-electron chi connectivity index (χ4n) is 14.8. The van der Waals surface area contributed by atoms with E-state index in [2.05, 4.69) is 19.2 Å². The topological polar surface area (TPSA) is 309 Å². The molecule has 1 heterocycles. The van der Waals surface area contributed by atoms with E-state index in [9.17, 15) is 48.9 Å². The third kappa shape index (κ3) is 22.4. The Kier molecular flexibility index (Phi) is 32.1. The Hall–Kier alpha value is -6.75. The lowest BCUT2D eigenvalue weighted by Gasteiger charge is -2.67. The second kappa shape index (κ2) is 39.1. The predicted molar refractivity (Wildman–Crippen MR) is 371 cm³/mol. The molecule has 2 saturated carbocycles. The van der Waals surface area contributed by atoms with Gasteiger partial charge < -0.3 is 63.3 Å². The van der Waals surface area contributed by atoms with Gasteiger partial charge in [0.25, 0.3) is 0 Å². The number of unbranched alkanes of at least 4 members (excludes halogenated alkanes) is 20. The second-order valence-electron chi connectivity index (χ2n) is 29.6. The van der Waals surface area contributed by atoms with E-state index in [0.717, 1.165) is 58.3 Å². The molecule has 0 radical (unpaired) electrons. The monoisotopic (exact) mass is 1400 g/mol. The van der Waals surface area contributed by atoms with Crippen LogP contribution in [0.2, 0.25) is 0 Å². The molecule has 1 unspecified atom stereocenters. The van der Waals surface area contributed by atoms with Crippen molar-refractivity contribution in [1.29, 1.82) is 0 Å². The molecule has 12 atom stereocenters. The maximum atomic E-state index is 15.5. The molecule has 100 heavy (non-hydrogen) atoms. The number of ether oxygens (including phenoxy) is 9. The summed E-state index contributed by atoms with van der Waals surface area (Å²) in [6.45, 7) is 14.9. The molecule has 2 bridgehead atoms. The van der Waals surface area contributed by atoms with Crippen molar-refractivity contribution < 1.29 is 101 Å². The summed E-state index contributed by atoms with van der Waals surface area (Å²) in [4.78, 5) is 127. The molecule has 0 spiro atoms. The molecule has 22 nitrogen and oxygen atoms in total. The largest absolute Gasteiger partial charge is 0.462 e. The van der Waals surface area contributed by atoms with E-state index in [1.54, 1.807) is 57.2 Å². The highest BCUT2D eigenvalue weighted by molar-refractivity contribution is 5.94. The number of esters is 7. The summed E-state index contributed by atoms with van der Waals surface area (Å²) < 4.78 is 53.4. The predicted octanol–water partition coefficient (Wildman–Crippen LogP) is 13.0. The van der Waals surface area contributed by atoms with E-state index >= 15 is 9.59 Å². The Labute approximate surface area is 591 Å². The van der Waals surface area contributed by atoms with E-state index in [0.29, 0.717) is 12.8 Å². The van der Waals surface area contributed by atoms with Crippen LogP contribution in [0.25, 0.3) is 0 Å². The Balaban J connectivity index is 1.24. The van der Waals surface area contributed by atoms with Gasteiger partial charge in [0.15, 0.2) is 17.5 Å². The van der Waals surface area contributed by atoms with Gasteiger partial charge in [-0.05, 0) is 76.3 Å². The van der Waals surface area contributed by atoms with Gasteiger partial charge in [-0.2, -0.15) is 0 Å². The number of carbonyl (C=O) groups excluding carboxylic acids is 9. The first-order chi connectivity index (χ1) is 47.5. The number of benzene rings is 2. The standard InChI is InChI=1S/C78H115NO21/c1-11-13-15-17-19-21-23-25-27-29-37-43-60(82)92-49-56(95-62(84)44-38-30-28-26-24-22-20-18-16-14-12-2)50-93-61(83)45-46-63(85)97-67(65(54-39-33-31-34-40-54)79-73(90)100-74(5,6)7)72(89)96-57-48-78(91)70(98-71(88)55-41-35-32-36-42-55)68-76(10,69(87)66(86)64(52(57)3)75(78,8)9)58(81)47-59-77(68,51-94-59)99-53(4)80/h31-36,39-42,56-59,65-68,70,81,86,91H,11-30,37-38,43-51H2,1-10H3,(H,79,90)/t56?,57-,58-,59+,65-,66+,67+,68-,70-,76+,77-,78+/m0/s1. The number of aliphatic hydroxyl groups is 3. The molecular formula is C78H115NO21. The first-order valence-corrected chi connectivity index (χ1v) is 36.9. The maximum absolute atomic E-state index is 15.5. The summed E-state index contributed by atoms with van der Waals surface area (Å²) in [5, 5.41) is 41.4. The number of fused-ring (bicyclic) bond motifs is 5. The highest BCUT2D eigenvalue weighted by Crippen LogP contribution is 2.64.